The van der Waals surface area contributed by atoms with Crippen LogP contribution in [0.4, 0.5) is 0 Å². The summed E-state index contributed by atoms with van der Waals surface area (Å²) in [6.07, 6.45) is 5.10. The Kier molecular flexibility index (Phi) is 4.91. The topological polar surface area (TPSA) is 87.1 Å². The van der Waals surface area contributed by atoms with Gasteiger partial charge in [-0.25, -0.2) is 0 Å². The molecular weight excluding hydrogens is 272 g/mol. The van der Waals surface area contributed by atoms with E-state index < -0.39 is 23.3 Å². The largest absolute Gasteiger partial charge is 0.481 e. The first-order valence-electron chi connectivity index (χ1n) is 8.06. The second-order valence-electron chi connectivity index (χ2n) is 6.63. The predicted octanol–water partition coefficient (Wildman–Crippen LogP) is 2.93. The first-order valence-corrected chi connectivity index (χ1v) is 8.06. The van der Waals surface area contributed by atoms with Crippen molar-refractivity contribution in [2.24, 2.45) is 17.3 Å². The van der Waals surface area contributed by atoms with Gasteiger partial charge in [0.05, 0.1) is 23.5 Å². The van der Waals surface area contributed by atoms with Crippen LogP contribution < -0.4 is 0 Å². The monoisotopic (exact) mass is 298 g/mol. The molecule has 0 bridgehead atoms. The van der Waals surface area contributed by atoms with Crippen molar-refractivity contribution in [3.63, 3.8) is 0 Å². The lowest BCUT2D eigenvalue weighted by Crippen LogP contribution is -2.48. The van der Waals surface area contributed by atoms with E-state index in [2.05, 4.69) is 13.8 Å². The third-order valence-corrected chi connectivity index (χ3v) is 5.31. The number of ether oxygens (including phenoxy) is 1. The van der Waals surface area contributed by atoms with Crippen molar-refractivity contribution >= 4 is 11.9 Å². The maximum atomic E-state index is 12.0. The molecule has 1 aliphatic heterocycles. The molecule has 0 amide bonds. The van der Waals surface area contributed by atoms with Crippen LogP contribution in [0.15, 0.2) is 0 Å². The Hall–Kier alpha value is -1.10. The van der Waals surface area contributed by atoms with E-state index in [1.165, 1.54) is 0 Å². The number of epoxide rings is 1. The Bertz CT molecular complexity index is 407. The number of hydrogen-bond acceptors (Lipinski definition) is 3. The van der Waals surface area contributed by atoms with E-state index in [1.54, 1.807) is 0 Å². The highest BCUT2D eigenvalue weighted by Gasteiger charge is 2.61. The molecule has 0 aromatic rings. The van der Waals surface area contributed by atoms with Gasteiger partial charge in [-0.15, -0.1) is 0 Å². The van der Waals surface area contributed by atoms with Crippen LogP contribution in [0.1, 0.15) is 58.8 Å². The van der Waals surface area contributed by atoms with Gasteiger partial charge in [0.15, 0.2) is 0 Å². The van der Waals surface area contributed by atoms with E-state index >= 15 is 0 Å². The number of rotatable bonds is 8. The third kappa shape index (κ3) is 3.23. The smallest absolute Gasteiger partial charge is 0.310 e. The second kappa shape index (κ2) is 6.34. The number of carboxylic acid groups (broad SMARTS) is 2. The third-order valence-electron chi connectivity index (χ3n) is 5.31. The van der Waals surface area contributed by atoms with Gasteiger partial charge in [-0.2, -0.15) is 0 Å². The number of unbranched alkanes of at least 4 members (excludes halogenated alkanes) is 1. The summed E-state index contributed by atoms with van der Waals surface area (Å²) >= 11 is 0. The molecule has 1 saturated heterocycles. The van der Waals surface area contributed by atoms with Crippen molar-refractivity contribution in [2.45, 2.75) is 71.0 Å². The molecule has 2 aliphatic rings. The van der Waals surface area contributed by atoms with Crippen molar-refractivity contribution in [1.29, 1.82) is 0 Å². The second-order valence-corrected chi connectivity index (χ2v) is 6.63. The molecule has 0 radical (unpaired) electrons. The fourth-order valence-corrected chi connectivity index (χ4v) is 3.87. The average molecular weight is 298 g/mol. The van der Waals surface area contributed by atoms with Crippen LogP contribution in [0, 0.1) is 17.3 Å². The summed E-state index contributed by atoms with van der Waals surface area (Å²) < 4.78 is 5.43. The van der Waals surface area contributed by atoms with E-state index in [-0.39, 0.29) is 18.1 Å². The van der Waals surface area contributed by atoms with Crippen molar-refractivity contribution in [1.82, 2.24) is 0 Å². The fourth-order valence-electron chi connectivity index (χ4n) is 3.87. The van der Waals surface area contributed by atoms with E-state index in [1.807, 2.05) is 0 Å². The summed E-state index contributed by atoms with van der Waals surface area (Å²) in [4.78, 5) is 23.6. The van der Waals surface area contributed by atoms with Crippen LogP contribution in [-0.4, -0.2) is 34.4 Å². The van der Waals surface area contributed by atoms with Crippen molar-refractivity contribution < 1.29 is 24.5 Å². The Labute approximate surface area is 125 Å². The first kappa shape index (κ1) is 16.3. The Morgan fingerprint density at radius 3 is 2.52 bits per heavy atom. The van der Waals surface area contributed by atoms with E-state index in [0.717, 1.165) is 25.7 Å². The van der Waals surface area contributed by atoms with Gasteiger partial charge in [-0.05, 0) is 25.2 Å². The fraction of sp³-hybridized carbons (Fsp3) is 0.875. The van der Waals surface area contributed by atoms with E-state index in [4.69, 9.17) is 4.74 Å². The number of fused-ring (bicyclic) bond motifs is 1. The van der Waals surface area contributed by atoms with Gasteiger partial charge in [0, 0.05) is 0 Å². The maximum absolute atomic E-state index is 12.0. The zero-order valence-electron chi connectivity index (χ0n) is 12.9. The molecule has 1 aliphatic carbocycles. The van der Waals surface area contributed by atoms with Crippen LogP contribution in [0.3, 0.4) is 0 Å². The molecule has 21 heavy (non-hydrogen) atoms. The molecule has 5 heteroatoms. The number of carboxylic acids is 2. The van der Waals surface area contributed by atoms with Gasteiger partial charge < -0.3 is 14.9 Å². The highest BCUT2D eigenvalue weighted by molar-refractivity contribution is 5.84. The molecule has 2 rings (SSSR count). The highest BCUT2D eigenvalue weighted by Crippen LogP contribution is 2.53. The van der Waals surface area contributed by atoms with Gasteiger partial charge in [-0.3, -0.25) is 9.59 Å². The van der Waals surface area contributed by atoms with Crippen LogP contribution >= 0.6 is 0 Å². The van der Waals surface area contributed by atoms with E-state index in [0.29, 0.717) is 19.3 Å². The standard InChI is InChI=1S/C16H26O5/c1-3-5-6-10(4-2)8-16(15(19)20)9-13-12(21-13)7-11(16)14(17)18/h10-13H,3-9H2,1-2H3,(H,17,18)(H,19,20). The molecule has 5 unspecified atom stereocenters. The van der Waals surface area contributed by atoms with E-state index in [9.17, 15) is 19.8 Å². The molecule has 120 valence electrons. The van der Waals surface area contributed by atoms with Gasteiger partial charge in [0.25, 0.3) is 0 Å². The molecule has 0 aromatic carbocycles. The van der Waals surface area contributed by atoms with Gasteiger partial charge in [0.1, 0.15) is 0 Å². The number of aliphatic carboxylic acids is 2. The quantitative estimate of drug-likeness (QED) is 0.673. The SMILES string of the molecule is CCCCC(CC)CC1(C(=O)O)CC2OC2CC1C(=O)O. The molecule has 1 saturated carbocycles. The number of carbonyl (C=O) groups is 2. The molecule has 5 nitrogen and oxygen atoms in total. The molecule has 0 spiro atoms. The van der Waals surface area contributed by atoms with Crippen molar-refractivity contribution in [2.75, 3.05) is 0 Å². The molecule has 0 aromatic heterocycles. The molecule has 2 N–H and O–H groups in total. The molecule has 1 heterocycles. The first-order chi connectivity index (χ1) is 9.94. The average Bonchev–Trinajstić information content (AvgIpc) is 3.19. The highest BCUT2D eigenvalue weighted by atomic mass is 16.6. The zero-order chi connectivity index (χ0) is 15.6. The summed E-state index contributed by atoms with van der Waals surface area (Å²) in [6.45, 7) is 4.17. The minimum absolute atomic E-state index is 0.0331. The Morgan fingerprint density at radius 1 is 1.29 bits per heavy atom. The van der Waals surface area contributed by atoms with Crippen LogP contribution in [0.25, 0.3) is 0 Å². The zero-order valence-corrected chi connectivity index (χ0v) is 12.9. The van der Waals surface area contributed by atoms with Gasteiger partial charge in [-0.1, -0.05) is 39.5 Å². The predicted molar refractivity (Wildman–Crippen MR) is 77.0 cm³/mol. The van der Waals surface area contributed by atoms with Crippen LogP contribution in [0.2, 0.25) is 0 Å². The summed E-state index contributed by atoms with van der Waals surface area (Å²) in [5.74, 6) is -2.50. The Morgan fingerprint density at radius 2 is 2.00 bits per heavy atom. The molecular formula is C16H26O5. The summed E-state index contributed by atoms with van der Waals surface area (Å²) in [5.41, 5.74) is -1.15. The minimum Gasteiger partial charge on any atom is -0.481 e. The van der Waals surface area contributed by atoms with Crippen LogP contribution in [0.5, 0.6) is 0 Å². The lowest BCUT2D eigenvalue weighted by molar-refractivity contribution is -0.167. The van der Waals surface area contributed by atoms with Crippen molar-refractivity contribution in [3.05, 3.63) is 0 Å². The molecule has 5 atom stereocenters. The summed E-state index contributed by atoms with van der Waals surface area (Å²) in [5, 5.41) is 19.3. The summed E-state index contributed by atoms with van der Waals surface area (Å²) in [6, 6.07) is 0. The van der Waals surface area contributed by atoms with Gasteiger partial charge in [0.2, 0.25) is 0 Å². The lowest BCUT2D eigenvalue weighted by Gasteiger charge is -2.39. The normalized spacial score (nSPS) is 35.8. The minimum atomic E-state index is -1.15. The Balaban J connectivity index is 2.20. The maximum Gasteiger partial charge on any atom is 0.310 e. The lowest BCUT2D eigenvalue weighted by atomic mass is 9.61. The van der Waals surface area contributed by atoms with Crippen molar-refractivity contribution in [3.8, 4) is 0 Å². The summed E-state index contributed by atoms with van der Waals surface area (Å²) in [7, 11) is 0. The van der Waals surface area contributed by atoms with Crippen LogP contribution in [-0.2, 0) is 14.3 Å². The van der Waals surface area contributed by atoms with Gasteiger partial charge >= 0.3 is 11.9 Å². The number of hydrogen-bond donors (Lipinski definition) is 2. The molecule has 2 fully saturated rings.